The first-order valence-electron chi connectivity index (χ1n) is 9.35. The summed E-state index contributed by atoms with van der Waals surface area (Å²) in [6.07, 6.45) is -2.02. The molecule has 0 amide bonds. The minimum atomic E-state index is -1.42. The van der Waals surface area contributed by atoms with Crippen LogP contribution in [0.5, 0.6) is 0 Å². The Morgan fingerprint density at radius 1 is 1.07 bits per heavy atom. The number of hydrogen-bond donors (Lipinski definition) is 4. The van der Waals surface area contributed by atoms with Crippen LogP contribution >= 0.6 is 0 Å². The van der Waals surface area contributed by atoms with Crippen LogP contribution < -0.4 is 11.2 Å². The lowest BCUT2D eigenvalue weighted by Crippen LogP contribution is -2.36. The van der Waals surface area contributed by atoms with Crippen molar-refractivity contribution in [3.63, 3.8) is 0 Å². The second kappa shape index (κ2) is 8.32. The number of hydrogen-bond acceptors (Lipinski definition) is 8. The van der Waals surface area contributed by atoms with E-state index in [4.69, 9.17) is 4.74 Å². The van der Waals surface area contributed by atoms with Gasteiger partial charge in [-0.1, -0.05) is 35.5 Å². The quantitative estimate of drug-likeness (QED) is 0.374. The molecule has 0 radical (unpaired) electrons. The van der Waals surface area contributed by atoms with Gasteiger partial charge in [0.15, 0.2) is 0 Å². The Balaban J connectivity index is 1.56. The number of aliphatic hydroxyl groups is 3. The highest BCUT2D eigenvalue weighted by molar-refractivity contribution is 5.16. The van der Waals surface area contributed by atoms with Crippen molar-refractivity contribution >= 4 is 0 Å². The summed E-state index contributed by atoms with van der Waals surface area (Å²) in [5, 5.41) is 37.4. The maximum Gasteiger partial charge on any atom is 0.328 e. The largest absolute Gasteiger partial charge is 0.394 e. The molecule has 1 aliphatic heterocycles. The van der Waals surface area contributed by atoms with Crippen LogP contribution in [0, 0.1) is 0 Å². The molecule has 30 heavy (non-hydrogen) atoms. The van der Waals surface area contributed by atoms with E-state index >= 15 is 0 Å². The Kier molecular flexibility index (Phi) is 5.59. The van der Waals surface area contributed by atoms with Gasteiger partial charge >= 0.3 is 5.69 Å². The number of benzene rings is 1. The van der Waals surface area contributed by atoms with Gasteiger partial charge in [0.25, 0.3) is 5.56 Å². The molecule has 4 atom stereocenters. The first-order valence-corrected chi connectivity index (χ1v) is 9.35. The average molecular weight is 415 g/mol. The normalized spacial score (nSPS) is 23.7. The van der Waals surface area contributed by atoms with E-state index in [1.165, 1.54) is 10.8 Å². The molecule has 1 unspecified atom stereocenters. The summed E-state index contributed by atoms with van der Waals surface area (Å²) < 4.78 is 8.24. The van der Waals surface area contributed by atoms with E-state index in [9.17, 15) is 24.9 Å². The molecule has 0 spiro atoms. The number of nitrogens with one attached hydrogen (secondary N) is 1. The number of nitrogens with zero attached hydrogens (tertiary/aromatic N) is 4. The molecule has 0 aliphatic carbocycles. The van der Waals surface area contributed by atoms with E-state index in [2.05, 4.69) is 15.3 Å². The fourth-order valence-electron chi connectivity index (χ4n) is 3.44. The molecule has 1 fully saturated rings. The highest BCUT2D eigenvalue weighted by Gasteiger charge is 2.44. The topological polar surface area (TPSA) is 155 Å². The molecule has 1 aromatic carbocycles. The molecule has 11 nitrogen and oxygen atoms in total. The van der Waals surface area contributed by atoms with E-state index in [0.717, 1.165) is 5.56 Å². The summed E-state index contributed by atoms with van der Waals surface area (Å²) in [5.41, 5.74) is 0.106. The molecular formula is C19H21N5O6. The Hall–Kier alpha value is -3.12. The number of aromatic amines is 1. The molecule has 3 aromatic rings. The van der Waals surface area contributed by atoms with Crippen LogP contribution in [0.25, 0.3) is 0 Å². The Labute approximate surface area is 169 Å². The van der Waals surface area contributed by atoms with E-state index in [0.29, 0.717) is 12.2 Å². The highest BCUT2D eigenvalue weighted by atomic mass is 16.6. The molecule has 158 valence electrons. The van der Waals surface area contributed by atoms with Gasteiger partial charge in [-0.15, -0.1) is 5.10 Å². The lowest BCUT2D eigenvalue weighted by atomic mass is 10.0. The van der Waals surface area contributed by atoms with Crippen molar-refractivity contribution in [1.29, 1.82) is 0 Å². The first kappa shape index (κ1) is 20.2. The molecule has 0 saturated carbocycles. The predicted octanol–water partition coefficient (Wildman–Crippen LogP) is -1.62. The van der Waals surface area contributed by atoms with E-state index < -0.39 is 42.3 Å². The van der Waals surface area contributed by atoms with Gasteiger partial charge in [-0.3, -0.25) is 14.3 Å². The average Bonchev–Trinajstić information content (AvgIpc) is 3.29. The van der Waals surface area contributed by atoms with Crippen molar-refractivity contribution in [2.75, 3.05) is 6.61 Å². The molecule has 1 aliphatic rings. The van der Waals surface area contributed by atoms with Gasteiger partial charge in [0.05, 0.1) is 31.5 Å². The van der Waals surface area contributed by atoms with E-state index in [-0.39, 0.29) is 12.1 Å². The Morgan fingerprint density at radius 2 is 1.83 bits per heavy atom. The molecule has 4 N–H and O–H groups in total. The SMILES string of the molecule is O=c1[nH]c(=O)n(Cc2cn(Cc3ccccc3)nn2)cc1[C@@H]1O[C@H](CO)C(O)[C@@H]1O. The first-order chi connectivity index (χ1) is 14.5. The van der Waals surface area contributed by atoms with Crippen LogP contribution in [0.15, 0.2) is 52.3 Å². The van der Waals surface area contributed by atoms with Crippen molar-refractivity contribution in [3.8, 4) is 0 Å². The summed E-state index contributed by atoms with van der Waals surface area (Å²) in [7, 11) is 0. The summed E-state index contributed by atoms with van der Waals surface area (Å²) in [6, 6.07) is 9.68. The zero-order chi connectivity index (χ0) is 21.3. The minimum absolute atomic E-state index is 0.0335. The standard InChI is InChI=1S/C19H21N5O6/c25-10-14-15(26)16(27)17(30-14)13-9-23(19(29)20-18(13)28)7-12-8-24(22-21-12)6-11-4-2-1-3-5-11/h1-5,8-9,14-17,25-27H,6-7,10H2,(H,20,28,29)/t14-,15?,16+,17+/m1/s1. The van der Waals surface area contributed by atoms with Crippen molar-refractivity contribution in [3.05, 3.63) is 80.4 Å². The summed E-state index contributed by atoms with van der Waals surface area (Å²) in [6.45, 7) is 0.0329. The lowest BCUT2D eigenvalue weighted by molar-refractivity contribution is -0.0233. The van der Waals surface area contributed by atoms with Gasteiger partial charge in [-0.2, -0.15) is 0 Å². The molecule has 11 heteroatoms. The van der Waals surface area contributed by atoms with E-state index in [1.807, 2.05) is 30.3 Å². The van der Waals surface area contributed by atoms with Crippen LogP contribution in [0.1, 0.15) is 22.9 Å². The maximum absolute atomic E-state index is 12.3. The third kappa shape index (κ3) is 3.96. The van der Waals surface area contributed by atoms with Gasteiger partial charge in [0, 0.05) is 6.20 Å². The van der Waals surface area contributed by atoms with Crippen LogP contribution in [0.4, 0.5) is 0 Å². The number of H-pyrrole nitrogens is 1. The van der Waals surface area contributed by atoms with Gasteiger partial charge in [-0.25, -0.2) is 9.48 Å². The third-order valence-corrected chi connectivity index (χ3v) is 4.99. The predicted molar refractivity (Wildman–Crippen MR) is 103 cm³/mol. The molecule has 4 rings (SSSR count). The lowest BCUT2D eigenvalue weighted by Gasteiger charge is -2.15. The minimum Gasteiger partial charge on any atom is -0.394 e. The van der Waals surface area contributed by atoms with Gasteiger partial charge in [-0.05, 0) is 5.56 Å². The van der Waals surface area contributed by atoms with Gasteiger partial charge in [0.1, 0.15) is 30.1 Å². The monoisotopic (exact) mass is 415 g/mol. The van der Waals surface area contributed by atoms with Crippen LogP contribution in [-0.2, 0) is 17.8 Å². The van der Waals surface area contributed by atoms with Crippen molar-refractivity contribution in [2.45, 2.75) is 37.5 Å². The van der Waals surface area contributed by atoms with Gasteiger partial charge in [0.2, 0.25) is 0 Å². The summed E-state index contributed by atoms with van der Waals surface area (Å²) in [5.74, 6) is 0. The Bertz CT molecular complexity index is 1120. The number of ether oxygens (including phenoxy) is 1. The number of aliphatic hydroxyl groups excluding tert-OH is 3. The number of rotatable bonds is 6. The second-order valence-electron chi connectivity index (χ2n) is 7.12. The zero-order valence-electron chi connectivity index (χ0n) is 15.8. The van der Waals surface area contributed by atoms with Crippen molar-refractivity contribution in [1.82, 2.24) is 24.5 Å². The number of aromatic nitrogens is 5. The second-order valence-corrected chi connectivity index (χ2v) is 7.12. The van der Waals surface area contributed by atoms with Crippen LogP contribution in [-0.4, -0.2) is 64.8 Å². The van der Waals surface area contributed by atoms with Crippen LogP contribution in [0.3, 0.4) is 0 Å². The fraction of sp³-hybridized carbons (Fsp3) is 0.368. The van der Waals surface area contributed by atoms with Crippen LogP contribution in [0.2, 0.25) is 0 Å². The van der Waals surface area contributed by atoms with E-state index in [1.54, 1.807) is 10.9 Å². The molecular weight excluding hydrogens is 394 g/mol. The highest BCUT2D eigenvalue weighted by Crippen LogP contribution is 2.31. The zero-order valence-corrected chi connectivity index (χ0v) is 15.8. The third-order valence-electron chi connectivity index (χ3n) is 4.99. The molecule has 2 aromatic heterocycles. The summed E-state index contributed by atoms with van der Waals surface area (Å²) in [4.78, 5) is 26.7. The van der Waals surface area contributed by atoms with Crippen molar-refractivity contribution in [2.24, 2.45) is 0 Å². The van der Waals surface area contributed by atoms with Crippen molar-refractivity contribution < 1.29 is 20.1 Å². The molecule has 3 heterocycles. The summed E-state index contributed by atoms with van der Waals surface area (Å²) >= 11 is 0. The molecule has 0 bridgehead atoms. The smallest absolute Gasteiger partial charge is 0.328 e. The fourth-order valence-corrected chi connectivity index (χ4v) is 3.44. The van der Waals surface area contributed by atoms with Gasteiger partial charge < -0.3 is 20.1 Å². The molecule has 1 saturated heterocycles. The maximum atomic E-state index is 12.3. The Morgan fingerprint density at radius 3 is 2.53 bits per heavy atom.